The molecule has 31 heavy (non-hydrogen) atoms. The summed E-state index contributed by atoms with van der Waals surface area (Å²) in [5.74, 6) is -1.79. The molecule has 5 heteroatoms. The standard InChI is InChI=1S/C26H40O5/c1-3-4-5-6-7-8-9-10-11-12-13-14-15-16-17-18-22-24(31-21(2)27)20-19-23(28)25(22)26(29)30/h8-9,19-20,28H,3-7,10-18H2,1-2H3,(H,29,30)/b9-8-. The Morgan fingerprint density at radius 1 is 0.871 bits per heavy atom. The van der Waals surface area contributed by atoms with Crippen LogP contribution in [0.2, 0.25) is 0 Å². The molecule has 174 valence electrons. The van der Waals surface area contributed by atoms with E-state index in [-0.39, 0.29) is 17.1 Å². The van der Waals surface area contributed by atoms with Crippen LogP contribution in [0.25, 0.3) is 0 Å². The number of unbranched alkanes of at least 4 members (excludes halogenated alkanes) is 11. The van der Waals surface area contributed by atoms with Gasteiger partial charge in [0.1, 0.15) is 17.1 Å². The average molecular weight is 433 g/mol. The van der Waals surface area contributed by atoms with Gasteiger partial charge in [0, 0.05) is 12.5 Å². The number of benzene rings is 1. The van der Waals surface area contributed by atoms with Crippen LogP contribution in [0.5, 0.6) is 11.5 Å². The van der Waals surface area contributed by atoms with Crippen LogP contribution >= 0.6 is 0 Å². The van der Waals surface area contributed by atoms with E-state index in [1.165, 1.54) is 83.3 Å². The van der Waals surface area contributed by atoms with Gasteiger partial charge in [-0.3, -0.25) is 4.79 Å². The first kappa shape index (κ1) is 26.7. The number of carboxylic acid groups (broad SMARTS) is 1. The van der Waals surface area contributed by atoms with Gasteiger partial charge in [0.05, 0.1) is 0 Å². The van der Waals surface area contributed by atoms with E-state index in [1.54, 1.807) is 0 Å². The third-order valence-electron chi connectivity index (χ3n) is 5.40. The molecular weight excluding hydrogens is 392 g/mol. The number of hydrogen-bond acceptors (Lipinski definition) is 4. The number of carbonyl (C=O) groups excluding carboxylic acids is 1. The van der Waals surface area contributed by atoms with Crippen LogP contribution < -0.4 is 4.74 Å². The molecule has 0 aliphatic rings. The zero-order valence-electron chi connectivity index (χ0n) is 19.3. The molecule has 0 radical (unpaired) electrons. The Morgan fingerprint density at radius 2 is 1.42 bits per heavy atom. The molecule has 0 bridgehead atoms. The predicted octanol–water partition coefficient (Wildman–Crippen LogP) is 7.21. The lowest BCUT2D eigenvalue weighted by Gasteiger charge is -2.13. The van der Waals surface area contributed by atoms with Gasteiger partial charge in [-0.05, 0) is 50.7 Å². The molecule has 0 aliphatic carbocycles. The summed E-state index contributed by atoms with van der Waals surface area (Å²) in [5, 5.41) is 19.3. The summed E-state index contributed by atoms with van der Waals surface area (Å²) in [5.41, 5.74) is 0.223. The van der Waals surface area contributed by atoms with Gasteiger partial charge in [-0.15, -0.1) is 0 Å². The van der Waals surface area contributed by atoms with Gasteiger partial charge in [-0.2, -0.15) is 0 Å². The van der Waals surface area contributed by atoms with Gasteiger partial charge in [0.15, 0.2) is 0 Å². The monoisotopic (exact) mass is 432 g/mol. The van der Waals surface area contributed by atoms with E-state index in [4.69, 9.17) is 4.74 Å². The minimum absolute atomic E-state index is 0.169. The number of phenols is 1. The van der Waals surface area contributed by atoms with E-state index in [0.29, 0.717) is 12.0 Å². The third-order valence-corrected chi connectivity index (χ3v) is 5.40. The minimum Gasteiger partial charge on any atom is -0.507 e. The first-order chi connectivity index (χ1) is 15.0. The zero-order chi connectivity index (χ0) is 22.9. The highest BCUT2D eigenvalue weighted by Crippen LogP contribution is 2.31. The van der Waals surface area contributed by atoms with E-state index < -0.39 is 11.9 Å². The molecule has 2 N–H and O–H groups in total. The molecule has 0 spiro atoms. The maximum absolute atomic E-state index is 11.5. The van der Waals surface area contributed by atoms with E-state index >= 15 is 0 Å². The molecule has 1 rings (SSSR count). The third kappa shape index (κ3) is 11.6. The summed E-state index contributed by atoms with van der Waals surface area (Å²) in [7, 11) is 0. The van der Waals surface area contributed by atoms with Crippen LogP contribution in [0.15, 0.2) is 24.3 Å². The number of ether oxygens (including phenoxy) is 1. The van der Waals surface area contributed by atoms with E-state index in [2.05, 4.69) is 19.1 Å². The second-order valence-corrected chi connectivity index (χ2v) is 8.17. The molecular formula is C26H40O5. The molecule has 0 saturated carbocycles. The summed E-state index contributed by atoms with van der Waals surface area (Å²) in [6.45, 7) is 3.52. The normalized spacial score (nSPS) is 11.2. The van der Waals surface area contributed by atoms with Crippen molar-refractivity contribution in [3.05, 3.63) is 35.4 Å². The molecule has 0 saturated heterocycles. The molecule has 0 unspecified atom stereocenters. The molecule has 0 amide bonds. The number of hydrogen-bond donors (Lipinski definition) is 2. The van der Waals surface area contributed by atoms with Gasteiger partial charge < -0.3 is 14.9 Å². The molecule has 0 aromatic heterocycles. The van der Waals surface area contributed by atoms with Crippen LogP contribution in [0.3, 0.4) is 0 Å². The van der Waals surface area contributed by atoms with Crippen molar-refractivity contribution in [3.8, 4) is 11.5 Å². The number of rotatable bonds is 17. The van der Waals surface area contributed by atoms with Gasteiger partial charge in [0.2, 0.25) is 0 Å². The molecule has 1 aromatic carbocycles. The summed E-state index contributed by atoms with van der Waals surface area (Å²) in [4.78, 5) is 22.8. The fourth-order valence-corrected chi connectivity index (χ4v) is 3.73. The second kappa shape index (κ2) is 16.4. The lowest BCUT2D eigenvalue weighted by Crippen LogP contribution is -2.09. The fourth-order valence-electron chi connectivity index (χ4n) is 3.73. The number of aromatic hydroxyl groups is 1. The van der Waals surface area contributed by atoms with Crippen molar-refractivity contribution in [3.63, 3.8) is 0 Å². The van der Waals surface area contributed by atoms with Gasteiger partial charge in [0.25, 0.3) is 0 Å². The fraction of sp³-hybridized carbons (Fsp3) is 0.615. The van der Waals surface area contributed by atoms with Crippen molar-refractivity contribution in [2.24, 2.45) is 0 Å². The highest BCUT2D eigenvalue weighted by Gasteiger charge is 2.20. The van der Waals surface area contributed by atoms with Crippen molar-refractivity contribution in [1.82, 2.24) is 0 Å². The highest BCUT2D eigenvalue weighted by atomic mass is 16.5. The van der Waals surface area contributed by atoms with Crippen LogP contribution in [0, 0.1) is 0 Å². The van der Waals surface area contributed by atoms with Crippen molar-refractivity contribution < 1.29 is 24.5 Å². The summed E-state index contributed by atoms with van der Waals surface area (Å²) in [6.07, 6.45) is 20.5. The Morgan fingerprint density at radius 3 is 1.97 bits per heavy atom. The van der Waals surface area contributed by atoms with Crippen molar-refractivity contribution >= 4 is 11.9 Å². The second-order valence-electron chi connectivity index (χ2n) is 8.17. The molecule has 0 atom stereocenters. The van der Waals surface area contributed by atoms with E-state index in [1.807, 2.05) is 0 Å². The van der Waals surface area contributed by atoms with Gasteiger partial charge in [-0.1, -0.05) is 70.4 Å². The van der Waals surface area contributed by atoms with Crippen LogP contribution in [-0.4, -0.2) is 22.2 Å². The molecule has 0 aliphatic heterocycles. The summed E-state index contributed by atoms with van der Waals surface area (Å²) in [6, 6.07) is 2.71. The van der Waals surface area contributed by atoms with Crippen molar-refractivity contribution in [2.45, 2.75) is 104 Å². The number of aromatic carboxylic acids is 1. The lowest BCUT2D eigenvalue weighted by molar-refractivity contribution is -0.131. The average Bonchev–Trinajstić information content (AvgIpc) is 2.72. The van der Waals surface area contributed by atoms with Gasteiger partial charge in [-0.25, -0.2) is 4.79 Å². The Kier molecular flexibility index (Phi) is 14.1. The first-order valence-electron chi connectivity index (χ1n) is 11.9. The topological polar surface area (TPSA) is 83.8 Å². The Balaban J connectivity index is 2.24. The summed E-state index contributed by atoms with van der Waals surface area (Å²) < 4.78 is 5.15. The minimum atomic E-state index is -1.21. The largest absolute Gasteiger partial charge is 0.507 e. The Hall–Kier alpha value is -2.30. The van der Waals surface area contributed by atoms with E-state index in [9.17, 15) is 19.8 Å². The van der Waals surface area contributed by atoms with Gasteiger partial charge >= 0.3 is 11.9 Å². The van der Waals surface area contributed by atoms with Crippen molar-refractivity contribution in [2.75, 3.05) is 0 Å². The summed E-state index contributed by atoms with van der Waals surface area (Å²) >= 11 is 0. The van der Waals surface area contributed by atoms with Crippen LogP contribution in [0.4, 0.5) is 0 Å². The SMILES string of the molecule is CCCCCC/C=C\CCCCCCCCCc1c(OC(C)=O)ccc(O)c1C(=O)O. The Bertz CT molecular complexity index is 693. The smallest absolute Gasteiger partial charge is 0.339 e. The van der Waals surface area contributed by atoms with Crippen molar-refractivity contribution in [1.29, 1.82) is 0 Å². The number of allylic oxidation sites excluding steroid dienone is 2. The lowest BCUT2D eigenvalue weighted by atomic mass is 9.98. The molecule has 5 nitrogen and oxygen atoms in total. The van der Waals surface area contributed by atoms with Crippen LogP contribution in [0.1, 0.15) is 113 Å². The highest BCUT2D eigenvalue weighted by molar-refractivity contribution is 5.93. The Labute approximate surface area is 187 Å². The number of carboxylic acids is 1. The first-order valence-corrected chi connectivity index (χ1v) is 11.9. The quantitative estimate of drug-likeness (QED) is 0.118. The molecule has 1 aromatic rings. The number of esters is 1. The van der Waals surface area contributed by atoms with E-state index in [0.717, 1.165) is 19.3 Å². The number of carbonyl (C=O) groups is 2. The predicted molar refractivity (Wildman–Crippen MR) is 125 cm³/mol. The molecule has 0 fully saturated rings. The maximum Gasteiger partial charge on any atom is 0.339 e. The zero-order valence-corrected chi connectivity index (χ0v) is 19.3. The van der Waals surface area contributed by atoms with Crippen LogP contribution in [-0.2, 0) is 11.2 Å². The molecule has 0 heterocycles. The maximum atomic E-state index is 11.5.